The predicted octanol–water partition coefficient (Wildman–Crippen LogP) is 3.99. The maximum absolute atomic E-state index is 11.2. The number of carboxylic acids is 1. The monoisotopic (exact) mass is 300 g/mol. The van der Waals surface area contributed by atoms with Gasteiger partial charge in [0.15, 0.2) is 0 Å². The lowest BCUT2D eigenvalue weighted by atomic mass is 10.0. The van der Waals surface area contributed by atoms with Crippen LogP contribution in [-0.4, -0.2) is 16.1 Å². The van der Waals surface area contributed by atoms with E-state index in [0.717, 1.165) is 16.7 Å². The van der Waals surface area contributed by atoms with E-state index in [1.54, 1.807) is 0 Å². The number of carbonyl (C=O) groups is 1. The molecule has 0 saturated heterocycles. The summed E-state index contributed by atoms with van der Waals surface area (Å²) in [6.07, 6.45) is 1.30. The summed E-state index contributed by atoms with van der Waals surface area (Å²) in [5.41, 5.74) is 3.53. The Morgan fingerprint density at radius 2 is 1.57 bits per heavy atom. The summed E-state index contributed by atoms with van der Waals surface area (Å²) in [5.74, 6) is -1.13. The molecule has 4 heteroatoms. The third kappa shape index (κ3) is 2.94. The molecule has 0 spiro atoms. The molecule has 4 nitrogen and oxygen atoms in total. The van der Waals surface area contributed by atoms with Crippen molar-refractivity contribution in [3.63, 3.8) is 0 Å². The highest BCUT2D eigenvalue weighted by molar-refractivity contribution is 5.91. The smallest absolute Gasteiger partial charge is 0.337 e. The summed E-state index contributed by atoms with van der Waals surface area (Å²) < 4.78 is 0. The summed E-state index contributed by atoms with van der Waals surface area (Å²) in [6.45, 7) is 0. The number of nitriles is 1. The Morgan fingerprint density at radius 3 is 2.17 bits per heavy atom. The minimum absolute atomic E-state index is 0.0374. The van der Waals surface area contributed by atoms with Gasteiger partial charge in [0, 0.05) is 11.8 Å². The van der Waals surface area contributed by atoms with E-state index in [1.807, 2.05) is 60.7 Å². The quantitative estimate of drug-likeness (QED) is 0.793. The Morgan fingerprint density at radius 1 is 0.957 bits per heavy atom. The number of aromatic carboxylic acids is 1. The maximum atomic E-state index is 11.2. The Kier molecular flexibility index (Phi) is 3.86. The van der Waals surface area contributed by atoms with Crippen LogP contribution >= 0.6 is 0 Å². The third-order valence-electron chi connectivity index (χ3n) is 3.54. The van der Waals surface area contributed by atoms with Crippen molar-refractivity contribution in [3.05, 3.63) is 78.0 Å². The van der Waals surface area contributed by atoms with Gasteiger partial charge in [-0.3, -0.25) is 4.98 Å². The molecule has 3 aromatic rings. The molecule has 23 heavy (non-hydrogen) atoms. The molecular weight excluding hydrogens is 288 g/mol. The van der Waals surface area contributed by atoms with Crippen LogP contribution in [0.2, 0.25) is 0 Å². The first-order valence-corrected chi connectivity index (χ1v) is 6.98. The van der Waals surface area contributed by atoms with Gasteiger partial charge in [-0.1, -0.05) is 54.6 Å². The maximum Gasteiger partial charge on any atom is 0.337 e. The van der Waals surface area contributed by atoms with Crippen molar-refractivity contribution in [2.75, 3.05) is 0 Å². The molecule has 0 radical (unpaired) electrons. The van der Waals surface area contributed by atoms with Crippen LogP contribution in [0.3, 0.4) is 0 Å². The molecule has 1 aromatic heterocycles. The zero-order valence-corrected chi connectivity index (χ0v) is 12.1. The fourth-order valence-electron chi connectivity index (χ4n) is 2.34. The molecule has 3 rings (SSSR count). The number of rotatable bonds is 3. The second-order valence-corrected chi connectivity index (χ2v) is 4.98. The second kappa shape index (κ2) is 6.12. The number of aromatic nitrogens is 1. The average molecular weight is 300 g/mol. The van der Waals surface area contributed by atoms with Crippen LogP contribution in [0.4, 0.5) is 0 Å². The Labute approximate surface area is 133 Å². The lowest BCUT2D eigenvalue weighted by Crippen LogP contribution is -2.01. The third-order valence-corrected chi connectivity index (χ3v) is 3.54. The van der Waals surface area contributed by atoms with E-state index in [-0.39, 0.29) is 11.1 Å². The molecule has 0 aliphatic heterocycles. The molecule has 1 N–H and O–H groups in total. The standard InChI is InChI=1S/C19H12N2O2/c20-11-16-12-21-18(10-17(16)19(22)23)15-8-6-14(7-9-15)13-4-2-1-3-5-13/h1-10,12H,(H,22,23). The molecule has 2 aromatic carbocycles. The van der Waals surface area contributed by atoms with E-state index in [0.29, 0.717) is 5.69 Å². The Balaban J connectivity index is 1.99. The first kappa shape index (κ1) is 14.5. The van der Waals surface area contributed by atoms with Gasteiger partial charge in [0.05, 0.1) is 16.8 Å². The van der Waals surface area contributed by atoms with Crippen LogP contribution in [0.1, 0.15) is 15.9 Å². The van der Waals surface area contributed by atoms with Gasteiger partial charge in [0.1, 0.15) is 6.07 Å². The van der Waals surface area contributed by atoms with Crippen molar-refractivity contribution in [2.45, 2.75) is 0 Å². The number of hydrogen-bond donors (Lipinski definition) is 1. The Hall–Kier alpha value is -3.45. The highest BCUT2D eigenvalue weighted by atomic mass is 16.4. The van der Waals surface area contributed by atoms with E-state index in [1.165, 1.54) is 12.3 Å². The fourth-order valence-corrected chi connectivity index (χ4v) is 2.34. The largest absolute Gasteiger partial charge is 0.478 e. The minimum Gasteiger partial charge on any atom is -0.478 e. The van der Waals surface area contributed by atoms with Crippen LogP contribution in [-0.2, 0) is 0 Å². The van der Waals surface area contributed by atoms with Crippen molar-refractivity contribution in [2.24, 2.45) is 0 Å². The van der Waals surface area contributed by atoms with Crippen molar-refractivity contribution >= 4 is 5.97 Å². The van der Waals surface area contributed by atoms with Crippen LogP contribution in [0, 0.1) is 11.3 Å². The van der Waals surface area contributed by atoms with Gasteiger partial charge in [0.25, 0.3) is 0 Å². The summed E-state index contributed by atoms with van der Waals surface area (Å²) in [7, 11) is 0. The topological polar surface area (TPSA) is 74.0 Å². The Bertz CT molecular complexity index is 895. The van der Waals surface area contributed by atoms with Crippen LogP contribution in [0.25, 0.3) is 22.4 Å². The van der Waals surface area contributed by atoms with Crippen molar-refractivity contribution in [1.29, 1.82) is 5.26 Å². The minimum atomic E-state index is -1.13. The molecule has 1 heterocycles. The number of pyridine rings is 1. The van der Waals surface area contributed by atoms with Gasteiger partial charge in [-0.05, 0) is 17.2 Å². The predicted molar refractivity (Wildman–Crippen MR) is 86.8 cm³/mol. The normalized spacial score (nSPS) is 10.0. The number of hydrogen-bond acceptors (Lipinski definition) is 3. The molecule has 110 valence electrons. The first-order valence-electron chi connectivity index (χ1n) is 6.98. The van der Waals surface area contributed by atoms with E-state index < -0.39 is 5.97 Å². The highest BCUT2D eigenvalue weighted by Crippen LogP contribution is 2.24. The van der Waals surface area contributed by atoms with Crippen molar-refractivity contribution in [3.8, 4) is 28.5 Å². The second-order valence-electron chi connectivity index (χ2n) is 4.98. The zero-order valence-electron chi connectivity index (χ0n) is 12.1. The van der Waals surface area contributed by atoms with Gasteiger partial charge in [0.2, 0.25) is 0 Å². The van der Waals surface area contributed by atoms with E-state index >= 15 is 0 Å². The molecule has 0 amide bonds. The lowest BCUT2D eigenvalue weighted by Gasteiger charge is -2.06. The molecular formula is C19H12N2O2. The number of carboxylic acid groups (broad SMARTS) is 1. The molecule has 0 aliphatic carbocycles. The van der Waals surface area contributed by atoms with Crippen LogP contribution < -0.4 is 0 Å². The molecule has 0 bridgehead atoms. The van der Waals surface area contributed by atoms with Gasteiger partial charge >= 0.3 is 5.97 Å². The van der Waals surface area contributed by atoms with E-state index in [4.69, 9.17) is 5.26 Å². The summed E-state index contributed by atoms with van der Waals surface area (Å²) >= 11 is 0. The average Bonchev–Trinajstić information content (AvgIpc) is 2.62. The van der Waals surface area contributed by atoms with Crippen molar-refractivity contribution < 1.29 is 9.90 Å². The van der Waals surface area contributed by atoms with Crippen molar-refractivity contribution in [1.82, 2.24) is 4.98 Å². The molecule has 0 atom stereocenters. The van der Waals surface area contributed by atoms with Gasteiger partial charge < -0.3 is 5.11 Å². The first-order chi connectivity index (χ1) is 11.2. The summed E-state index contributed by atoms with van der Waals surface area (Å²) in [5, 5.41) is 18.1. The summed E-state index contributed by atoms with van der Waals surface area (Å²) in [4.78, 5) is 15.4. The van der Waals surface area contributed by atoms with Gasteiger partial charge in [-0.15, -0.1) is 0 Å². The van der Waals surface area contributed by atoms with E-state index in [2.05, 4.69) is 4.98 Å². The highest BCUT2D eigenvalue weighted by Gasteiger charge is 2.12. The SMILES string of the molecule is N#Cc1cnc(-c2ccc(-c3ccccc3)cc2)cc1C(=O)O. The number of nitrogens with zero attached hydrogens (tertiary/aromatic N) is 2. The van der Waals surface area contributed by atoms with E-state index in [9.17, 15) is 9.90 Å². The van der Waals surface area contributed by atoms with Crippen LogP contribution in [0.5, 0.6) is 0 Å². The molecule has 0 fully saturated rings. The molecule has 0 saturated carbocycles. The number of benzene rings is 2. The summed E-state index contributed by atoms with van der Waals surface area (Å²) in [6, 6.07) is 20.9. The lowest BCUT2D eigenvalue weighted by molar-refractivity contribution is 0.0696. The van der Waals surface area contributed by atoms with Crippen LogP contribution in [0.15, 0.2) is 66.9 Å². The molecule has 0 aliphatic rings. The fraction of sp³-hybridized carbons (Fsp3) is 0. The van der Waals surface area contributed by atoms with Gasteiger partial charge in [-0.25, -0.2) is 4.79 Å². The zero-order chi connectivity index (χ0) is 16.2. The van der Waals surface area contributed by atoms with Gasteiger partial charge in [-0.2, -0.15) is 5.26 Å². The molecule has 0 unspecified atom stereocenters.